The minimum absolute atomic E-state index is 0.654. The number of rotatable bonds is 0. The van der Waals surface area contributed by atoms with Gasteiger partial charge in [0, 0.05) is 26.2 Å². The van der Waals surface area contributed by atoms with Crippen LogP contribution in [0.15, 0.2) is 0 Å². The molecule has 1 saturated heterocycles. The van der Waals surface area contributed by atoms with E-state index in [2.05, 4.69) is 23.4 Å². The SMILES string of the molecule is C1COCCOCCNCCOCCOCCN1.[Cu][I]. The van der Waals surface area contributed by atoms with Gasteiger partial charge in [-0.1, -0.05) is 0 Å². The number of ether oxygens (including phenoxy) is 4. The van der Waals surface area contributed by atoms with Crippen LogP contribution < -0.4 is 10.6 Å². The predicted molar refractivity (Wildman–Crippen MR) is 83.0 cm³/mol. The molecule has 0 aromatic rings. The van der Waals surface area contributed by atoms with E-state index in [4.69, 9.17) is 18.9 Å². The molecule has 1 aliphatic rings. The van der Waals surface area contributed by atoms with Gasteiger partial charge in [-0.15, -0.1) is 0 Å². The molecule has 8 heteroatoms. The van der Waals surface area contributed by atoms with Crippen molar-refractivity contribution in [2.45, 2.75) is 0 Å². The minimum atomic E-state index is 0.654. The quantitative estimate of drug-likeness (QED) is 0.402. The topological polar surface area (TPSA) is 61.0 Å². The molecule has 6 nitrogen and oxygen atoms in total. The van der Waals surface area contributed by atoms with E-state index in [0.717, 1.165) is 26.2 Å². The van der Waals surface area contributed by atoms with Crippen LogP contribution in [0.1, 0.15) is 0 Å². The average Bonchev–Trinajstić information content (AvgIpc) is 2.49. The molecule has 126 valence electrons. The van der Waals surface area contributed by atoms with Gasteiger partial charge in [0.05, 0.1) is 52.9 Å². The Kier molecular flexibility index (Phi) is 21.0. The predicted octanol–water partition coefficient (Wildman–Crippen LogP) is 0.129. The molecule has 0 aromatic carbocycles. The second kappa shape index (κ2) is 20.0. The summed E-state index contributed by atoms with van der Waals surface area (Å²) in [5, 5.41) is 6.50. The fourth-order valence-electron chi connectivity index (χ4n) is 1.47. The maximum atomic E-state index is 5.41. The van der Waals surface area contributed by atoms with Gasteiger partial charge < -0.3 is 29.6 Å². The molecular formula is C12H26CuIN2O4. The van der Waals surface area contributed by atoms with Crippen LogP contribution in [-0.4, -0.2) is 79.0 Å². The standard InChI is InChI=1S/C12H26N2O4.Cu.HI/c1-5-15-9-10-17-7-3-14-4-8-18-12-11-16-6-2-13-1;;/h13-14H,1-12H2;;1H/q;+1;/p-1. The Morgan fingerprint density at radius 2 is 0.750 bits per heavy atom. The zero-order valence-electron chi connectivity index (χ0n) is 11.8. The van der Waals surface area contributed by atoms with E-state index in [1.165, 1.54) is 0 Å². The summed E-state index contributed by atoms with van der Waals surface area (Å²) in [6, 6.07) is 0. The third-order valence-corrected chi connectivity index (χ3v) is 2.44. The molecule has 0 unspecified atom stereocenters. The summed E-state index contributed by atoms with van der Waals surface area (Å²) >= 11 is 5.87. The van der Waals surface area contributed by atoms with E-state index in [9.17, 15) is 0 Å². The molecule has 0 aromatic heterocycles. The number of hydrogen-bond acceptors (Lipinski definition) is 6. The summed E-state index contributed by atoms with van der Waals surface area (Å²) < 4.78 is 21.6. The average molecular weight is 453 g/mol. The van der Waals surface area contributed by atoms with E-state index >= 15 is 0 Å². The number of halogens is 1. The third kappa shape index (κ3) is 17.1. The zero-order chi connectivity index (χ0) is 14.7. The first-order valence-electron chi connectivity index (χ1n) is 6.84. The molecule has 0 aliphatic carbocycles. The molecule has 0 atom stereocenters. The summed E-state index contributed by atoms with van der Waals surface area (Å²) in [4.78, 5) is 0. The van der Waals surface area contributed by atoms with Crippen molar-refractivity contribution in [3.8, 4) is 0 Å². The summed E-state index contributed by atoms with van der Waals surface area (Å²) in [6.45, 7) is 8.86. The van der Waals surface area contributed by atoms with Crippen LogP contribution in [0.4, 0.5) is 0 Å². The molecule has 1 aliphatic heterocycles. The summed E-state index contributed by atoms with van der Waals surface area (Å²) in [5.74, 6) is 0. The molecular weight excluding hydrogens is 427 g/mol. The van der Waals surface area contributed by atoms with Crippen molar-refractivity contribution in [3.05, 3.63) is 0 Å². The maximum absolute atomic E-state index is 5.41. The van der Waals surface area contributed by atoms with Crippen molar-refractivity contribution in [3.63, 3.8) is 0 Å². The summed E-state index contributed by atoms with van der Waals surface area (Å²) in [7, 11) is 0. The number of nitrogens with one attached hydrogen (secondary N) is 2. The van der Waals surface area contributed by atoms with Crippen LogP contribution in [0.2, 0.25) is 0 Å². The van der Waals surface area contributed by atoms with Crippen LogP contribution in [0.3, 0.4) is 0 Å². The van der Waals surface area contributed by atoms with Crippen molar-refractivity contribution in [1.29, 1.82) is 0 Å². The van der Waals surface area contributed by atoms with E-state index in [1.54, 1.807) is 20.3 Å². The van der Waals surface area contributed by atoms with Gasteiger partial charge in [0.25, 0.3) is 0 Å². The van der Waals surface area contributed by atoms with E-state index in [1.807, 2.05) is 0 Å². The molecule has 20 heavy (non-hydrogen) atoms. The van der Waals surface area contributed by atoms with Gasteiger partial charge in [-0.25, -0.2) is 0 Å². The fourth-order valence-corrected chi connectivity index (χ4v) is 1.47. The van der Waals surface area contributed by atoms with Gasteiger partial charge >= 0.3 is 33.1 Å². The van der Waals surface area contributed by atoms with Crippen LogP contribution in [0.25, 0.3) is 0 Å². The second-order valence-electron chi connectivity index (χ2n) is 3.95. The van der Waals surface area contributed by atoms with Crippen LogP contribution in [0, 0.1) is 0 Å². The molecule has 1 heterocycles. The normalized spacial score (nSPS) is 21.9. The summed E-state index contributed by atoms with van der Waals surface area (Å²) in [6.07, 6.45) is 0. The second-order valence-corrected chi connectivity index (χ2v) is 3.95. The third-order valence-electron chi connectivity index (χ3n) is 2.44. The van der Waals surface area contributed by atoms with Crippen LogP contribution in [0.5, 0.6) is 0 Å². The van der Waals surface area contributed by atoms with E-state index in [0.29, 0.717) is 52.9 Å². The van der Waals surface area contributed by atoms with Crippen molar-refractivity contribution in [1.82, 2.24) is 10.6 Å². The van der Waals surface area contributed by atoms with Crippen molar-refractivity contribution < 1.29 is 31.7 Å². The molecule has 0 bridgehead atoms. The molecule has 1 rings (SSSR count). The Balaban J connectivity index is 0.00000172. The molecule has 1 fully saturated rings. The van der Waals surface area contributed by atoms with Gasteiger partial charge in [0.1, 0.15) is 0 Å². The first-order valence-corrected chi connectivity index (χ1v) is 9.88. The molecule has 0 amide bonds. The van der Waals surface area contributed by atoms with Crippen molar-refractivity contribution in [2.24, 2.45) is 0 Å². The first kappa shape index (κ1) is 21.0. The Labute approximate surface area is 141 Å². The van der Waals surface area contributed by atoms with Gasteiger partial charge in [0.15, 0.2) is 0 Å². The molecule has 2 N–H and O–H groups in total. The van der Waals surface area contributed by atoms with E-state index in [-0.39, 0.29) is 0 Å². The Bertz CT molecular complexity index is 108. The fraction of sp³-hybridized carbons (Fsp3) is 1.00. The van der Waals surface area contributed by atoms with Crippen LogP contribution in [-0.2, 0) is 31.7 Å². The number of hydrogen-bond donors (Lipinski definition) is 2. The monoisotopic (exact) mass is 452 g/mol. The van der Waals surface area contributed by atoms with E-state index < -0.39 is 0 Å². The molecule has 0 saturated carbocycles. The van der Waals surface area contributed by atoms with Crippen LogP contribution >= 0.6 is 20.3 Å². The summed E-state index contributed by atoms with van der Waals surface area (Å²) in [5.41, 5.74) is 0. The van der Waals surface area contributed by atoms with Crippen molar-refractivity contribution >= 4 is 20.3 Å². The zero-order valence-corrected chi connectivity index (χ0v) is 14.9. The van der Waals surface area contributed by atoms with Crippen molar-refractivity contribution in [2.75, 3.05) is 79.0 Å². The van der Waals surface area contributed by atoms with Gasteiger partial charge in [0.2, 0.25) is 0 Å². The van der Waals surface area contributed by atoms with Gasteiger partial charge in [-0.3, -0.25) is 0 Å². The molecule has 0 spiro atoms. The van der Waals surface area contributed by atoms with Gasteiger partial charge in [-0.05, 0) is 0 Å². The molecule has 0 radical (unpaired) electrons. The van der Waals surface area contributed by atoms with Gasteiger partial charge in [-0.2, -0.15) is 0 Å². The Hall–Kier alpha value is 1.01. The Morgan fingerprint density at radius 1 is 0.500 bits per heavy atom. The Morgan fingerprint density at radius 3 is 1.00 bits per heavy atom. The first-order chi connectivity index (χ1) is 10.0.